The van der Waals surface area contributed by atoms with E-state index in [0.717, 1.165) is 38.2 Å². The molecule has 4 nitrogen and oxygen atoms in total. The number of alkyl halides is 3. The molecule has 2 aliphatic carbocycles. The fourth-order valence-corrected chi connectivity index (χ4v) is 5.09. The van der Waals surface area contributed by atoms with Gasteiger partial charge in [-0.15, -0.1) is 0 Å². The van der Waals surface area contributed by atoms with Crippen LogP contribution in [0.25, 0.3) is 0 Å². The molecule has 1 heterocycles. The van der Waals surface area contributed by atoms with Crippen molar-refractivity contribution in [2.45, 2.75) is 76.5 Å². The molecule has 0 amide bonds. The van der Waals surface area contributed by atoms with E-state index in [0.29, 0.717) is 24.3 Å². The van der Waals surface area contributed by atoms with Crippen molar-refractivity contribution in [3.63, 3.8) is 0 Å². The van der Waals surface area contributed by atoms with E-state index in [-0.39, 0.29) is 29.4 Å². The average Bonchev–Trinajstić information content (AvgIpc) is 2.73. The summed E-state index contributed by atoms with van der Waals surface area (Å²) in [5, 5.41) is 0. The highest BCUT2D eigenvalue weighted by atomic mass is 19.4. The van der Waals surface area contributed by atoms with Crippen LogP contribution in [0.4, 0.5) is 13.2 Å². The Labute approximate surface area is 179 Å². The number of allylic oxidation sites excluding steroid dienone is 2. The van der Waals surface area contributed by atoms with Crippen LogP contribution in [0.15, 0.2) is 40.5 Å². The van der Waals surface area contributed by atoms with Gasteiger partial charge in [0.1, 0.15) is 12.0 Å². The normalized spacial score (nSPS) is 25.2. The van der Waals surface area contributed by atoms with Gasteiger partial charge in [-0.3, -0.25) is 14.6 Å². The number of Topliss-reactive ketones (excluding diaryl/α,β-unsaturated/α-hetero) is 1. The minimum absolute atomic E-state index is 0.0578. The molecule has 0 spiro atoms. The maximum atomic E-state index is 13.9. The Kier molecular flexibility index (Phi) is 6.04. The van der Waals surface area contributed by atoms with Crippen molar-refractivity contribution in [1.82, 2.24) is 0 Å². The Balaban J connectivity index is 1.80. The second kappa shape index (κ2) is 8.60. The number of hydrogen-bond acceptors (Lipinski definition) is 4. The number of ether oxygens (including phenoxy) is 1. The predicted octanol–water partition coefficient (Wildman–Crippen LogP) is 5.76. The van der Waals surface area contributed by atoms with E-state index >= 15 is 0 Å². The molecular weight excluding hydrogens is 407 g/mol. The highest BCUT2D eigenvalue weighted by Crippen LogP contribution is 2.47. The van der Waals surface area contributed by atoms with Crippen LogP contribution >= 0.6 is 0 Å². The smallest absolute Gasteiger partial charge is 0.416 e. The van der Waals surface area contributed by atoms with E-state index < -0.39 is 29.5 Å². The van der Waals surface area contributed by atoms with Gasteiger partial charge < -0.3 is 4.74 Å². The number of nitrogens with zero attached hydrogens (tertiary/aromatic N) is 1. The lowest BCUT2D eigenvalue weighted by Gasteiger charge is -2.36. The Morgan fingerprint density at radius 2 is 1.77 bits per heavy atom. The van der Waals surface area contributed by atoms with Crippen molar-refractivity contribution in [2.75, 3.05) is 0 Å². The summed E-state index contributed by atoms with van der Waals surface area (Å²) in [7, 11) is 0. The van der Waals surface area contributed by atoms with Crippen LogP contribution in [0, 0.1) is 5.92 Å². The first-order valence-corrected chi connectivity index (χ1v) is 11.0. The molecule has 1 aromatic carbocycles. The molecular formula is C24H26F3NO3. The number of hydrogen-bond donors (Lipinski definition) is 0. The number of benzene rings is 1. The summed E-state index contributed by atoms with van der Waals surface area (Å²) >= 11 is 0. The van der Waals surface area contributed by atoms with Gasteiger partial charge in [-0.1, -0.05) is 24.6 Å². The monoisotopic (exact) mass is 433 g/mol. The second-order valence-electron chi connectivity index (χ2n) is 8.63. The van der Waals surface area contributed by atoms with Crippen LogP contribution in [0.5, 0.6) is 0 Å². The summed E-state index contributed by atoms with van der Waals surface area (Å²) in [5.41, 5.74) is 0.292. The molecule has 1 saturated carbocycles. The first kappa shape index (κ1) is 21.8. The van der Waals surface area contributed by atoms with Gasteiger partial charge in [0.2, 0.25) is 0 Å². The number of halogens is 3. The topological polar surface area (TPSA) is 55.7 Å². The van der Waals surface area contributed by atoms with Gasteiger partial charge in [0.15, 0.2) is 5.78 Å². The van der Waals surface area contributed by atoms with Crippen LogP contribution < -0.4 is 0 Å². The molecule has 31 heavy (non-hydrogen) atoms. The zero-order chi connectivity index (χ0) is 22.2. The minimum atomic E-state index is -4.60. The lowest BCUT2D eigenvalue weighted by molar-refractivity contribution is -0.154. The Bertz CT molecular complexity index is 942. The van der Waals surface area contributed by atoms with Gasteiger partial charge in [0, 0.05) is 29.3 Å². The summed E-state index contributed by atoms with van der Waals surface area (Å²) in [5.74, 6) is -2.88. The van der Waals surface area contributed by atoms with E-state index in [1.807, 2.05) is 0 Å². The standard InChI is InChI=1S/C24H26F3NO3/c1-14-20(23(30)31-15-8-3-2-4-9-15)21(22-18(28-14)12-7-13-19(22)29)16-10-5-6-11-17(16)24(25,26)27/h5-6,10-11,15,20-21H,2-4,7-9,12-13H2,1H3/t20?,21-/m1/s1. The van der Waals surface area contributed by atoms with Gasteiger partial charge in [-0.25, -0.2) is 0 Å². The second-order valence-corrected chi connectivity index (χ2v) is 8.63. The first-order valence-electron chi connectivity index (χ1n) is 11.0. The van der Waals surface area contributed by atoms with Crippen molar-refractivity contribution in [3.05, 3.63) is 46.7 Å². The number of aliphatic imine (C=N–C) groups is 1. The summed E-state index contributed by atoms with van der Waals surface area (Å²) in [4.78, 5) is 30.7. The molecule has 166 valence electrons. The number of carbonyl (C=O) groups excluding carboxylic acids is 2. The molecule has 0 saturated heterocycles. The van der Waals surface area contributed by atoms with Crippen molar-refractivity contribution in [1.29, 1.82) is 0 Å². The van der Waals surface area contributed by atoms with E-state index in [9.17, 15) is 22.8 Å². The van der Waals surface area contributed by atoms with E-state index in [1.54, 1.807) is 6.92 Å². The lowest BCUT2D eigenvalue weighted by atomic mass is 9.70. The summed E-state index contributed by atoms with van der Waals surface area (Å²) < 4.78 is 47.4. The molecule has 0 radical (unpaired) electrons. The summed E-state index contributed by atoms with van der Waals surface area (Å²) in [6.45, 7) is 1.65. The molecule has 2 atom stereocenters. The van der Waals surface area contributed by atoms with Gasteiger partial charge >= 0.3 is 12.1 Å². The highest BCUT2D eigenvalue weighted by Gasteiger charge is 2.47. The van der Waals surface area contributed by atoms with Gasteiger partial charge in [-0.05, 0) is 57.1 Å². The summed E-state index contributed by atoms with van der Waals surface area (Å²) in [6, 6.07) is 5.22. The van der Waals surface area contributed by atoms with Gasteiger partial charge in [0.05, 0.1) is 5.56 Å². The largest absolute Gasteiger partial charge is 0.462 e. The van der Waals surface area contributed by atoms with Crippen molar-refractivity contribution in [2.24, 2.45) is 10.9 Å². The zero-order valence-electron chi connectivity index (χ0n) is 17.5. The van der Waals surface area contributed by atoms with E-state index in [4.69, 9.17) is 4.74 Å². The molecule has 0 N–H and O–H groups in total. The van der Waals surface area contributed by atoms with Crippen molar-refractivity contribution >= 4 is 17.5 Å². The van der Waals surface area contributed by atoms with Crippen molar-refractivity contribution < 1.29 is 27.5 Å². The Morgan fingerprint density at radius 1 is 1.06 bits per heavy atom. The number of esters is 1. The van der Waals surface area contributed by atoms with Crippen LogP contribution in [-0.2, 0) is 20.5 Å². The number of ketones is 1. The minimum Gasteiger partial charge on any atom is -0.462 e. The number of carbonyl (C=O) groups is 2. The van der Waals surface area contributed by atoms with E-state index in [1.165, 1.54) is 18.2 Å². The maximum Gasteiger partial charge on any atom is 0.416 e. The molecule has 1 aromatic rings. The SMILES string of the molecule is CC1=NC2=C(C(=O)CCC2)[C@H](c2ccccc2C(F)(F)F)C1C(=O)OC1CCCCC1. The quantitative estimate of drug-likeness (QED) is 0.569. The third-order valence-electron chi connectivity index (χ3n) is 6.52. The molecule has 1 fully saturated rings. The Hall–Kier alpha value is -2.44. The van der Waals surface area contributed by atoms with Gasteiger partial charge in [0.25, 0.3) is 0 Å². The van der Waals surface area contributed by atoms with Crippen LogP contribution in [0.2, 0.25) is 0 Å². The maximum absolute atomic E-state index is 13.9. The van der Waals surface area contributed by atoms with E-state index in [2.05, 4.69) is 4.99 Å². The first-order chi connectivity index (χ1) is 14.8. The fourth-order valence-electron chi connectivity index (χ4n) is 5.09. The highest BCUT2D eigenvalue weighted by molar-refractivity contribution is 6.09. The molecule has 1 aliphatic heterocycles. The van der Waals surface area contributed by atoms with Crippen LogP contribution in [0.1, 0.15) is 75.3 Å². The van der Waals surface area contributed by atoms with Crippen LogP contribution in [-0.4, -0.2) is 23.6 Å². The molecule has 1 unspecified atom stereocenters. The van der Waals surface area contributed by atoms with Crippen molar-refractivity contribution in [3.8, 4) is 0 Å². The fraction of sp³-hybridized carbons (Fsp3) is 0.542. The Morgan fingerprint density at radius 3 is 2.48 bits per heavy atom. The molecule has 3 aliphatic rings. The molecule has 0 aromatic heterocycles. The zero-order valence-corrected chi connectivity index (χ0v) is 17.5. The third kappa shape index (κ3) is 4.32. The average molecular weight is 433 g/mol. The molecule has 0 bridgehead atoms. The lowest BCUT2D eigenvalue weighted by Crippen LogP contribution is -2.39. The molecule has 7 heteroatoms. The number of rotatable bonds is 3. The van der Waals surface area contributed by atoms with Crippen LogP contribution in [0.3, 0.4) is 0 Å². The third-order valence-corrected chi connectivity index (χ3v) is 6.52. The van der Waals surface area contributed by atoms with Gasteiger partial charge in [-0.2, -0.15) is 13.2 Å². The molecule has 4 rings (SSSR count). The predicted molar refractivity (Wildman–Crippen MR) is 110 cm³/mol. The summed E-state index contributed by atoms with van der Waals surface area (Å²) in [6.07, 6.45) is 1.07.